The maximum atomic E-state index is 13.8. The number of nitrogens with one attached hydrogen (secondary N) is 3. The zero-order valence-corrected chi connectivity index (χ0v) is 25.3. The van der Waals surface area contributed by atoms with Gasteiger partial charge in [0, 0.05) is 24.6 Å². The van der Waals surface area contributed by atoms with Crippen LogP contribution in [0.25, 0.3) is 0 Å². The van der Waals surface area contributed by atoms with E-state index >= 15 is 0 Å². The van der Waals surface area contributed by atoms with Crippen molar-refractivity contribution in [3.05, 3.63) is 65.7 Å². The molecule has 4 rings (SSSR count). The van der Waals surface area contributed by atoms with Crippen molar-refractivity contribution in [3.8, 4) is 0 Å². The van der Waals surface area contributed by atoms with Gasteiger partial charge >= 0.3 is 5.97 Å². The van der Waals surface area contributed by atoms with E-state index in [-0.39, 0.29) is 36.2 Å². The minimum Gasteiger partial charge on any atom is -0.460 e. The van der Waals surface area contributed by atoms with Crippen LogP contribution in [0.15, 0.2) is 54.6 Å². The van der Waals surface area contributed by atoms with Crippen molar-refractivity contribution in [2.24, 2.45) is 5.92 Å². The van der Waals surface area contributed by atoms with Crippen LogP contribution in [-0.4, -0.2) is 59.8 Å². The second-order valence-corrected chi connectivity index (χ2v) is 11.9. The number of hydrogen-bond acceptors (Lipinski definition) is 5. The molecule has 2 aliphatic rings. The number of rotatable bonds is 10. The molecule has 0 aromatic heterocycles. The number of benzene rings is 2. The van der Waals surface area contributed by atoms with E-state index in [0.717, 1.165) is 37.8 Å². The summed E-state index contributed by atoms with van der Waals surface area (Å²) < 4.78 is 7.89. The highest BCUT2D eigenvalue weighted by atomic mass is 16.5. The molecule has 1 unspecified atom stereocenters. The van der Waals surface area contributed by atoms with E-state index in [1.165, 1.54) is 11.3 Å². The van der Waals surface area contributed by atoms with Crippen molar-refractivity contribution in [2.45, 2.75) is 96.4 Å². The highest BCUT2D eigenvalue weighted by Crippen LogP contribution is 2.34. The van der Waals surface area contributed by atoms with E-state index in [9.17, 15) is 14.4 Å². The van der Waals surface area contributed by atoms with Gasteiger partial charge in [-0.25, -0.2) is 4.58 Å². The molecule has 2 bridgehead atoms. The molecular weight excluding hydrogens is 528 g/mol. The number of ether oxygens (including phenoxy) is 1. The third kappa shape index (κ3) is 8.74. The topological polar surface area (TPSA) is 99.5 Å². The quantitative estimate of drug-likeness (QED) is 0.284. The van der Waals surface area contributed by atoms with E-state index in [1.54, 1.807) is 0 Å². The second kappa shape index (κ2) is 15.6. The van der Waals surface area contributed by atoms with Gasteiger partial charge in [0.05, 0.1) is 12.0 Å². The standard InChI is InChI=1S/C34H46N4O4/c1-4-28(34(41)42-23-25-14-8-7-9-15-25)36-29(20-24(2)3)33(40)37-30-21-26-22-38(31-17-11-10-16-27(26)31)19-13-6-5-12-18-35-32(30)39/h7-11,14-17,22,24,26,28-30,36H,4-6,12-13,18-21,23H2,1-3H3,(H-,35,37,39,40)/p+1/t26?,28-,29+,30-/m0/s1. The molecule has 2 heterocycles. The molecular formula is C34H47N4O4+. The summed E-state index contributed by atoms with van der Waals surface area (Å²) in [6.45, 7) is 7.71. The van der Waals surface area contributed by atoms with Gasteiger partial charge in [-0.05, 0) is 43.6 Å². The van der Waals surface area contributed by atoms with Crippen molar-refractivity contribution in [2.75, 3.05) is 13.1 Å². The molecule has 2 amide bonds. The first-order valence-corrected chi connectivity index (χ1v) is 15.6. The van der Waals surface area contributed by atoms with E-state index in [2.05, 4.69) is 38.9 Å². The van der Waals surface area contributed by atoms with Gasteiger partial charge in [0.1, 0.15) is 25.2 Å². The van der Waals surface area contributed by atoms with Crippen LogP contribution in [-0.2, 0) is 25.7 Å². The minimum atomic E-state index is -0.700. The van der Waals surface area contributed by atoms with Gasteiger partial charge in [0.15, 0.2) is 6.21 Å². The van der Waals surface area contributed by atoms with Crippen molar-refractivity contribution >= 4 is 29.7 Å². The van der Waals surface area contributed by atoms with E-state index < -0.39 is 18.1 Å². The van der Waals surface area contributed by atoms with Crippen LogP contribution >= 0.6 is 0 Å². The number of fused-ring (bicyclic) bond motifs is 4. The molecule has 42 heavy (non-hydrogen) atoms. The summed E-state index contributed by atoms with van der Waals surface area (Å²) in [4.78, 5) is 40.2. The number of para-hydroxylation sites is 1. The van der Waals surface area contributed by atoms with Crippen molar-refractivity contribution in [3.63, 3.8) is 0 Å². The summed E-state index contributed by atoms with van der Waals surface area (Å²) in [5, 5.41) is 9.41. The summed E-state index contributed by atoms with van der Waals surface area (Å²) in [5.41, 5.74) is 3.28. The first-order chi connectivity index (χ1) is 20.4. The molecule has 4 atom stereocenters. The van der Waals surface area contributed by atoms with Crippen LogP contribution in [0.2, 0.25) is 0 Å². The Morgan fingerprint density at radius 1 is 1.00 bits per heavy atom. The van der Waals surface area contributed by atoms with E-state index in [1.807, 2.05) is 63.2 Å². The lowest BCUT2D eigenvalue weighted by Gasteiger charge is -2.27. The van der Waals surface area contributed by atoms with Crippen molar-refractivity contribution < 1.29 is 23.7 Å². The van der Waals surface area contributed by atoms with Gasteiger partial charge < -0.3 is 15.4 Å². The Bertz CT molecular complexity index is 1230. The molecule has 2 aliphatic heterocycles. The van der Waals surface area contributed by atoms with Gasteiger partial charge in [0.25, 0.3) is 0 Å². The molecule has 0 saturated heterocycles. The lowest BCUT2D eigenvalue weighted by molar-refractivity contribution is -0.433. The van der Waals surface area contributed by atoms with Gasteiger partial charge in [-0.2, -0.15) is 0 Å². The SMILES string of the molecule is CC[C@H](N[C@H](CC(C)C)C(=O)N[C@H]1CC2C=[N+](CCCCCCNC1=O)c1ccccc12)C(=O)OCc1ccccc1. The highest BCUT2D eigenvalue weighted by molar-refractivity contribution is 5.91. The maximum Gasteiger partial charge on any atom is 0.323 e. The van der Waals surface area contributed by atoms with Gasteiger partial charge in [-0.3, -0.25) is 19.7 Å². The minimum absolute atomic E-state index is 0.0193. The van der Waals surface area contributed by atoms with Crippen molar-refractivity contribution in [1.82, 2.24) is 16.0 Å². The first kappa shape index (κ1) is 31.4. The fourth-order valence-electron chi connectivity index (χ4n) is 5.82. The van der Waals surface area contributed by atoms with Crippen LogP contribution in [0.1, 0.15) is 82.8 Å². The predicted molar refractivity (Wildman–Crippen MR) is 165 cm³/mol. The molecule has 8 heteroatoms. The largest absolute Gasteiger partial charge is 0.460 e. The molecule has 0 saturated carbocycles. The Hall–Kier alpha value is -3.52. The third-order valence-corrected chi connectivity index (χ3v) is 8.10. The monoisotopic (exact) mass is 575 g/mol. The second-order valence-electron chi connectivity index (χ2n) is 11.9. The third-order valence-electron chi connectivity index (χ3n) is 8.10. The first-order valence-electron chi connectivity index (χ1n) is 15.6. The van der Waals surface area contributed by atoms with Crippen LogP contribution in [0.4, 0.5) is 5.69 Å². The fourth-order valence-corrected chi connectivity index (χ4v) is 5.82. The summed E-state index contributed by atoms with van der Waals surface area (Å²) in [6, 6.07) is 15.9. The number of nitrogens with zero attached hydrogens (tertiary/aromatic N) is 1. The zero-order chi connectivity index (χ0) is 29.9. The Morgan fingerprint density at radius 3 is 2.50 bits per heavy atom. The molecule has 0 aliphatic carbocycles. The van der Waals surface area contributed by atoms with Crippen LogP contribution < -0.4 is 16.0 Å². The van der Waals surface area contributed by atoms with Gasteiger partial charge in [-0.15, -0.1) is 0 Å². The summed E-state index contributed by atoms with van der Waals surface area (Å²) in [6.07, 6.45) is 7.86. The van der Waals surface area contributed by atoms with Crippen LogP contribution in [0.5, 0.6) is 0 Å². The smallest absolute Gasteiger partial charge is 0.323 e. The molecule has 2 aromatic rings. The molecule has 0 spiro atoms. The number of carbonyl (C=O) groups is 3. The zero-order valence-electron chi connectivity index (χ0n) is 25.3. The average Bonchev–Trinajstić information content (AvgIpc) is 3.34. The fraction of sp³-hybridized carbons (Fsp3) is 0.529. The Morgan fingerprint density at radius 2 is 1.74 bits per heavy atom. The van der Waals surface area contributed by atoms with Gasteiger partial charge in [0.2, 0.25) is 17.5 Å². The van der Waals surface area contributed by atoms with Crippen LogP contribution in [0.3, 0.4) is 0 Å². The lowest BCUT2D eigenvalue weighted by atomic mass is 9.93. The normalized spacial score (nSPS) is 20.6. The summed E-state index contributed by atoms with van der Waals surface area (Å²) >= 11 is 0. The number of amides is 2. The molecule has 0 fully saturated rings. The Kier molecular flexibility index (Phi) is 11.7. The average molecular weight is 576 g/mol. The van der Waals surface area contributed by atoms with E-state index in [4.69, 9.17) is 4.74 Å². The lowest BCUT2D eigenvalue weighted by Crippen LogP contribution is -2.56. The molecule has 2 aromatic carbocycles. The molecule has 8 nitrogen and oxygen atoms in total. The maximum absolute atomic E-state index is 13.8. The predicted octanol–water partition coefficient (Wildman–Crippen LogP) is 4.59. The molecule has 0 radical (unpaired) electrons. The molecule has 3 N–H and O–H groups in total. The Balaban J connectivity index is 1.48. The number of hydrogen-bond donors (Lipinski definition) is 3. The Labute approximate surface area is 250 Å². The van der Waals surface area contributed by atoms with E-state index in [0.29, 0.717) is 25.8 Å². The molecule has 226 valence electrons. The number of esters is 1. The highest BCUT2D eigenvalue weighted by Gasteiger charge is 2.36. The summed E-state index contributed by atoms with van der Waals surface area (Å²) in [7, 11) is 0. The summed E-state index contributed by atoms with van der Waals surface area (Å²) in [5.74, 6) is -0.607. The van der Waals surface area contributed by atoms with Gasteiger partial charge in [-0.1, -0.05) is 75.7 Å². The van der Waals surface area contributed by atoms with Crippen molar-refractivity contribution in [1.29, 1.82) is 0 Å². The number of carbonyl (C=O) groups excluding carboxylic acids is 3. The van der Waals surface area contributed by atoms with Crippen LogP contribution in [0, 0.1) is 5.92 Å².